The molecule has 8 saturated carbocycles. The molecule has 0 amide bonds. The largest absolute Gasteiger partial charge is 0.393 e. The van der Waals surface area contributed by atoms with Crippen LogP contribution in [0.25, 0.3) is 0 Å². The van der Waals surface area contributed by atoms with Gasteiger partial charge in [-0.2, -0.15) is 0 Å². The zero-order chi connectivity index (χ0) is 29.7. The summed E-state index contributed by atoms with van der Waals surface area (Å²) in [7, 11) is 0. The first-order chi connectivity index (χ1) is 19.9. The lowest BCUT2D eigenvalue weighted by Gasteiger charge is -2.60. The van der Waals surface area contributed by atoms with Gasteiger partial charge < -0.3 is 10.2 Å². The summed E-state index contributed by atoms with van der Waals surface area (Å²) < 4.78 is 0. The SMILES string of the molecule is C[C@]12CCC(=O)C[C@@H]1CC[C@@H]1[C@@H]2CC[C@]2(C)[C@@H](O)CC[C@@H]12.C[C@]12CC[C@H]3[C@@H](CCC4CC(=O)CC[C@@]43C)[C@@H]1CC[C@@H]2O. The van der Waals surface area contributed by atoms with E-state index in [1.807, 2.05) is 0 Å². The van der Waals surface area contributed by atoms with E-state index in [0.29, 0.717) is 34.2 Å². The van der Waals surface area contributed by atoms with Crippen molar-refractivity contribution in [3.05, 3.63) is 0 Å². The van der Waals surface area contributed by atoms with Gasteiger partial charge in [0, 0.05) is 25.7 Å². The molecule has 0 saturated heterocycles. The van der Waals surface area contributed by atoms with Crippen molar-refractivity contribution >= 4 is 11.6 Å². The van der Waals surface area contributed by atoms with Crippen molar-refractivity contribution in [3.63, 3.8) is 0 Å². The first-order valence-electron chi connectivity index (χ1n) is 18.3. The van der Waals surface area contributed by atoms with Crippen LogP contribution in [-0.2, 0) is 9.59 Å². The van der Waals surface area contributed by atoms with Crippen LogP contribution in [0.15, 0.2) is 0 Å². The molecular weight excluding hydrogens is 520 g/mol. The number of fused-ring (bicyclic) bond motifs is 10. The minimum atomic E-state index is -0.0677. The molecule has 4 heteroatoms. The highest BCUT2D eigenvalue weighted by atomic mass is 16.3. The van der Waals surface area contributed by atoms with Crippen molar-refractivity contribution in [2.75, 3.05) is 0 Å². The van der Waals surface area contributed by atoms with Crippen LogP contribution >= 0.6 is 0 Å². The Balaban J connectivity index is 0.000000137. The third-order valence-electron chi connectivity index (χ3n) is 16.9. The van der Waals surface area contributed by atoms with Crippen molar-refractivity contribution in [3.8, 4) is 0 Å². The van der Waals surface area contributed by atoms with Crippen LogP contribution in [0.3, 0.4) is 0 Å². The predicted molar refractivity (Wildman–Crippen MR) is 165 cm³/mol. The van der Waals surface area contributed by atoms with Gasteiger partial charge in [0.05, 0.1) is 12.2 Å². The molecule has 0 aliphatic heterocycles. The molecule has 2 N–H and O–H groups in total. The van der Waals surface area contributed by atoms with Gasteiger partial charge in [0.25, 0.3) is 0 Å². The molecule has 4 nitrogen and oxygen atoms in total. The summed E-state index contributed by atoms with van der Waals surface area (Å²) in [4.78, 5) is 23.7. The molecule has 0 radical (unpaired) electrons. The molecule has 8 rings (SSSR count). The summed E-state index contributed by atoms with van der Waals surface area (Å²) >= 11 is 0. The van der Waals surface area contributed by atoms with E-state index in [0.717, 1.165) is 86.9 Å². The number of Topliss-reactive ketones (excluding diaryl/α,β-unsaturated/α-hetero) is 2. The van der Waals surface area contributed by atoms with Gasteiger partial charge in [-0.1, -0.05) is 27.7 Å². The fourth-order valence-electron chi connectivity index (χ4n) is 14.0. The third kappa shape index (κ3) is 4.33. The van der Waals surface area contributed by atoms with Crippen LogP contribution in [0.1, 0.15) is 143 Å². The number of hydrogen-bond donors (Lipinski definition) is 2. The molecule has 14 atom stereocenters. The number of aliphatic hydroxyl groups is 2. The fourth-order valence-corrected chi connectivity index (χ4v) is 14.0. The first kappa shape index (κ1) is 29.9. The van der Waals surface area contributed by atoms with Gasteiger partial charge in [0.2, 0.25) is 0 Å². The van der Waals surface area contributed by atoms with Crippen LogP contribution in [0.5, 0.6) is 0 Å². The maximum Gasteiger partial charge on any atom is 0.133 e. The lowest BCUT2D eigenvalue weighted by Crippen LogP contribution is -2.54. The molecular formula is C38H60O4. The van der Waals surface area contributed by atoms with E-state index in [1.165, 1.54) is 64.2 Å². The Hall–Kier alpha value is -0.740. The number of hydrogen-bond acceptors (Lipinski definition) is 4. The summed E-state index contributed by atoms with van der Waals surface area (Å²) in [5.74, 6) is 7.04. The van der Waals surface area contributed by atoms with E-state index in [-0.39, 0.29) is 23.0 Å². The van der Waals surface area contributed by atoms with E-state index in [1.54, 1.807) is 0 Å². The van der Waals surface area contributed by atoms with E-state index in [9.17, 15) is 19.8 Å². The van der Waals surface area contributed by atoms with Crippen LogP contribution in [0, 0.1) is 69.0 Å². The Labute approximate surface area is 255 Å². The van der Waals surface area contributed by atoms with Crippen molar-refractivity contribution in [1.82, 2.24) is 0 Å². The van der Waals surface area contributed by atoms with Crippen LogP contribution in [0.4, 0.5) is 0 Å². The standard InChI is InChI=1S/2C19H30O2/c2*1-18-9-7-13(20)11-12(18)3-4-14-15-5-6-17(21)19(15,2)10-8-16(14)18/h2*12,14-17,21H,3-11H2,1-2H3/t12?,14-,15-,16-,17-,18-,19-;12-,14-,15-,16-,17-,18-,19-/m00/s1. The monoisotopic (exact) mass is 580 g/mol. The number of carbonyl (C=O) groups is 2. The molecule has 8 aliphatic rings. The van der Waals surface area contributed by atoms with Gasteiger partial charge in [-0.05, 0) is 159 Å². The molecule has 0 aromatic rings. The normalized spacial score (nSPS) is 56.5. The van der Waals surface area contributed by atoms with Crippen molar-refractivity contribution < 1.29 is 19.8 Å². The summed E-state index contributed by atoms with van der Waals surface area (Å²) in [6.07, 6.45) is 20.1. The number of carbonyl (C=O) groups excluding carboxylic acids is 2. The average molecular weight is 581 g/mol. The maximum atomic E-state index is 11.9. The van der Waals surface area contributed by atoms with Crippen LogP contribution in [0.2, 0.25) is 0 Å². The Morgan fingerprint density at radius 2 is 0.857 bits per heavy atom. The van der Waals surface area contributed by atoms with E-state index < -0.39 is 0 Å². The molecule has 0 aromatic carbocycles. The number of ketones is 2. The summed E-state index contributed by atoms with van der Waals surface area (Å²) in [6, 6.07) is 0. The smallest absolute Gasteiger partial charge is 0.133 e. The summed E-state index contributed by atoms with van der Waals surface area (Å²) in [6.45, 7) is 9.69. The molecule has 236 valence electrons. The Kier molecular flexibility index (Phi) is 7.41. The minimum Gasteiger partial charge on any atom is -0.393 e. The predicted octanol–water partition coefficient (Wildman–Crippen LogP) is 7.92. The van der Waals surface area contributed by atoms with Crippen LogP contribution < -0.4 is 0 Å². The van der Waals surface area contributed by atoms with Crippen molar-refractivity contribution in [2.45, 2.75) is 155 Å². The molecule has 0 aromatic heterocycles. The number of aliphatic hydroxyl groups excluding tert-OH is 2. The molecule has 42 heavy (non-hydrogen) atoms. The van der Waals surface area contributed by atoms with E-state index in [4.69, 9.17) is 0 Å². The highest BCUT2D eigenvalue weighted by molar-refractivity contribution is 5.80. The molecule has 0 bridgehead atoms. The second-order valence-electron chi connectivity index (χ2n) is 18.1. The lowest BCUT2D eigenvalue weighted by molar-refractivity contribution is -0.142. The quantitative estimate of drug-likeness (QED) is 0.305. The van der Waals surface area contributed by atoms with Crippen molar-refractivity contribution in [1.29, 1.82) is 0 Å². The fraction of sp³-hybridized carbons (Fsp3) is 0.947. The third-order valence-corrected chi connectivity index (χ3v) is 16.9. The Morgan fingerprint density at radius 3 is 1.26 bits per heavy atom. The van der Waals surface area contributed by atoms with Crippen LogP contribution in [-0.4, -0.2) is 34.0 Å². The van der Waals surface area contributed by atoms with Crippen molar-refractivity contribution in [2.24, 2.45) is 69.0 Å². The first-order valence-corrected chi connectivity index (χ1v) is 18.3. The minimum absolute atomic E-state index is 0.0677. The summed E-state index contributed by atoms with van der Waals surface area (Å²) in [5, 5.41) is 20.9. The second kappa shape index (κ2) is 10.4. The van der Waals surface area contributed by atoms with Gasteiger partial charge >= 0.3 is 0 Å². The van der Waals surface area contributed by atoms with Gasteiger partial charge in [0.15, 0.2) is 0 Å². The maximum absolute atomic E-state index is 11.9. The zero-order valence-electron chi connectivity index (χ0n) is 27.2. The molecule has 8 aliphatic carbocycles. The highest BCUT2D eigenvalue weighted by Gasteiger charge is 2.61. The van der Waals surface area contributed by atoms with E-state index in [2.05, 4.69) is 27.7 Å². The average Bonchev–Trinajstić information content (AvgIpc) is 3.44. The second-order valence-corrected chi connectivity index (χ2v) is 18.1. The molecule has 8 fully saturated rings. The molecule has 0 spiro atoms. The molecule has 1 unspecified atom stereocenters. The summed E-state index contributed by atoms with van der Waals surface area (Å²) in [5.41, 5.74) is 1.20. The lowest BCUT2D eigenvalue weighted by atomic mass is 9.45. The van der Waals surface area contributed by atoms with Gasteiger partial charge in [-0.25, -0.2) is 0 Å². The molecule has 0 heterocycles. The topological polar surface area (TPSA) is 74.6 Å². The van der Waals surface area contributed by atoms with Gasteiger partial charge in [0.1, 0.15) is 11.6 Å². The van der Waals surface area contributed by atoms with Gasteiger partial charge in [-0.3, -0.25) is 9.59 Å². The zero-order valence-corrected chi connectivity index (χ0v) is 27.2. The van der Waals surface area contributed by atoms with Gasteiger partial charge in [-0.15, -0.1) is 0 Å². The number of rotatable bonds is 0. The Morgan fingerprint density at radius 1 is 0.476 bits per heavy atom. The highest BCUT2D eigenvalue weighted by Crippen LogP contribution is 2.67. The Bertz CT molecular complexity index is 1000. The van der Waals surface area contributed by atoms with E-state index >= 15 is 0 Å².